The maximum atomic E-state index is 12.9. The van der Waals surface area contributed by atoms with Gasteiger partial charge in [0.25, 0.3) is 0 Å². The van der Waals surface area contributed by atoms with Gasteiger partial charge in [0.15, 0.2) is 0 Å². The van der Waals surface area contributed by atoms with Gasteiger partial charge in [0.05, 0.1) is 5.41 Å². The first-order valence-corrected chi connectivity index (χ1v) is 9.21. The molecule has 6 heteroatoms. The number of carbonyl (C=O) groups is 1. The zero-order chi connectivity index (χ0) is 17.4. The van der Waals surface area contributed by atoms with E-state index in [2.05, 4.69) is 65.5 Å². The van der Waals surface area contributed by atoms with E-state index >= 15 is 0 Å². The van der Waals surface area contributed by atoms with Crippen LogP contribution in [0.4, 0.5) is 0 Å². The maximum Gasteiger partial charge on any atom is 0.231 e. The molecule has 128 valence electrons. The van der Waals surface area contributed by atoms with E-state index in [1.165, 1.54) is 5.56 Å². The van der Waals surface area contributed by atoms with Crippen molar-refractivity contribution in [3.8, 4) is 0 Å². The van der Waals surface area contributed by atoms with Crippen molar-refractivity contribution < 1.29 is 4.79 Å². The van der Waals surface area contributed by atoms with Crippen LogP contribution >= 0.6 is 11.8 Å². The van der Waals surface area contributed by atoms with E-state index < -0.39 is 5.41 Å². The molecule has 24 heavy (non-hydrogen) atoms. The van der Waals surface area contributed by atoms with E-state index in [1.807, 2.05) is 6.92 Å². The molecule has 1 atom stereocenters. The summed E-state index contributed by atoms with van der Waals surface area (Å²) in [5.41, 5.74) is 1.94. The van der Waals surface area contributed by atoms with Gasteiger partial charge in [-0.2, -0.15) is 0 Å². The molecule has 1 saturated carbocycles. The van der Waals surface area contributed by atoms with Crippen molar-refractivity contribution in [3.05, 3.63) is 41.2 Å². The minimum Gasteiger partial charge on any atom is -0.354 e. The predicted molar refractivity (Wildman–Crippen MR) is 96.1 cm³/mol. The molecule has 1 aromatic heterocycles. The molecule has 1 amide bonds. The molecule has 1 heterocycles. The number of hydrogen-bond donors (Lipinski definition) is 2. The van der Waals surface area contributed by atoms with Gasteiger partial charge in [-0.15, -0.1) is 5.10 Å². The molecule has 2 aromatic rings. The number of carbonyl (C=O) groups excluding carboxylic acids is 1. The van der Waals surface area contributed by atoms with Crippen LogP contribution in [-0.2, 0) is 10.2 Å². The molecule has 1 unspecified atom stereocenters. The Bertz CT molecular complexity index is 738. The molecule has 0 saturated heterocycles. The Balaban J connectivity index is 1.60. The van der Waals surface area contributed by atoms with Crippen LogP contribution in [0.25, 0.3) is 0 Å². The highest BCUT2D eigenvalue weighted by Gasteiger charge is 2.66. The second-order valence-electron chi connectivity index (χ2n) is 7.14. The van der Waals surface area contributed by atoms with Crippen LogP contribution in [0.2, 0.25) is 0 Å². The van der Waals surface area contributed by atoms with Crippen molar-refractivity contribution in [2.45, 2.75) is 44.7 Å². The minimum atomic E-state index is -0.396. The molecule has 5 nitrogen and oxygen atoms in total. The maximum absolute atomic E-state index is 12.9. The van der Waals surface area contributed by atoms with E-state index in [0.717, 1.165) is 28.7 Å². The molecule has 1 fully saturated rings. The van der Waals surface area contributed by atoms with E-state index in [4.69, 9.17) is 0 Å². The summed E-state index contributed by atoms with van der Waals surface area (Å²) < 4.78 is 0. The van der Waals surface area contributed by atoms with Crippen LogP contribution in [0.15, 0.2) is 29.4 Å². The first-order valence-electron chi connectivity index (χ1n) is 8.22. The van der Waals surface area contributed by atoms with Crippen molar-refractivity contribution >= 4 is 17.7 Å². The number of nitrogens with one attached hydrogen (secondary N) is 2. The third kappa shape index (κ3) is 3.07. The van der Waals surface area contributed by atoms with E-state index in [-0.39, 0.29) is 11.3 Å². The molecule has 1 aliphatic carbocycles. The first-order chi connectivity index (χ1) is 11.3. The highest BCUT2D eigenvalue weighted by Crippen LogP contribution is 2.64. The van der Waals surface area contributed by atoms with Crippen molar-refractivity contribution in [1.29, 1.82) is 0 Å². The fourth-order valence-corrected chi connectivity index (χ4v) is 4.01. The second kappa shape index (κ2) is 6.24. The van der Waals surface area contributed by atoms with Crippen LogP contribution in [0, 0.1) is 19.3 Å². The largest absolute Gasteiger partial charge is 0.354 e. The van der Waals surface area contributed by atoms with Crippen LogP contribution in [0.1, 0.15) is 37.2 Å². The number of aromatic amines is 1. The van der Waals surface area contributed by atoms with Gasteiger partial charge in [0, 0.05) is 12.3 Å². The number of amides is 1. The van der Waals surface area contributed by atoms with Gasteiger partial charge in [-0.05, 0) is 31.2 Å². The van der Waals surface area contributed by atoms with Crippen molar-refractivity contribution in [3.63, 3.8) is 0 Å². The smallest absolute Gasteiger partial charge is 0.231 e. The Kier molecular flexibility index (Phi) is 4.42. The molecule has 3 rings (SSSR count). The third-order valence-corrected chi connectivity index (χ3v) is 5.71. The normalized spacial score (nSPS) is 21.5. The Morgan fingerprint density at radius 3 is 2.50 bits per heavy atom. The highest BCUT2D eigenvalue weighted by atomic mass is 32.2. The minimum absolute atomic E-state index is 0.000343. The van der Waals surface area contributed by atoms with Crippen LogP contribution < -0.4 is 5.32 Å². The number of H-pyrrole nitrogens is 1. The van der Waals surface area contributed by atoms with Crippen LogP contribution in [-0.4, -0.2) is 33.4 Å². The average molecular weight is 344 g/mol. The monoisotopic (exact) mass is 344 g/mol. The average Bonchev–Trinajstić information content (AvgIpc) is 2.89. The summed E-state index contributed by atoms with van der Waals surface area (Å²) in [7, 11) is 0. The summed E-state index contributed by atoms with van der Waals surface area (Å²) >= 11 is 1.54. The number of benzene rings is 1. The fraction of sp³-hybridized carbons (Fsp3) is 0.500. The molecule has 1 aromatic carbocycles. The van der Waals surface area contributed by atoms with Gasteiger partial charge in [-0.3, -0.25) is 9.89 Å². The zero-order valence-corrected chi connectivity index (χ0v) is 15.5. The number of aryl methyl sites for hydroxylation is 2. The van der Waals surface area contributed by atoms with E-state index in [9.17, 15) is 4.79 Å². The quantitative estimate of drug-likeness (QED) is 0.624. The fourth-order valence-electron chi connectivity index (χ4n) is 3.31. The molecular formula is C18H24N4OS. The molecular weight excluding hydrogens is 320 g/mol. The van der Waals surface area contributed by atoms with Crippen molar-refractivity contribution in [2.75, 3.05) is 12.3 Å². The summed E-state index contributed by atoms with van der Waals surface area (Å²) in [5.74, 6) is 1.69. The lowest BCUT2D eigenvalue weighted by Crippen LogP contribution is -2.38. The Labute approximate surface area is 147 Å². The number of nitrogens with zero attached hydrogens (tertiary/aromatic N) is 2. The molecule has 0 spiro atoms. The lowest BCUT2D eigenvalue weighted by atomic mass is 9.86. The zero-order valence-electron chi connectivity index (χ0n) is 14.6. The van der Waals surface area contributed by atoms with Gasteiger partial charge in [-0.25, -0.2) is 4.98 Å². The Morgan fingerprint density at radius 2 is 1.96 bits per heavy atom. The first kappa shape index (κ1) is 17.0. The molecule has 0 radical (unpaired) electrons. The third-order valence-electron chi connectivity index (χ3n) is 4.86. The lowest BCUT2D eigenvalue weighted by molar-refractivity contribution is -0.124. The van der Waals surface area contributed by atoms with Gasteiger partial charge in [0.2, 0.25) is 11.1 Å². The molecule has 0 aliphatic heterocycles. The van der Waals surface area contributed by atoms with Crippen molar-refractivity contribution in [1.82, 2.24) is 20.5 Å². The van der Waals surface area contributed by atoms with Gasteiger partial charge in [0.1, 0.15) is 5.82 Å². The number of hydrogen-bond acceptors (Lipinski definition) is 4. The van der Waals surface area contributed by atoms with Crippen LogP contribution in [0.5, 0.6) is 0 Å². The molecule has 1 aliphatic rings. The standard InChI is InChI=1S/C18H24N4OS/c1-12-5-7-14(8-6-12)18(11-17(18,3)4)15(23)19-9-10-24-16-20-13(2)21-22-16/h5-8H,9-11H2,1-4H3,(H,19,23)(H,20,21,22). The summed E-state index contributed by atoms with van der Waals surface area (Å²) in [6.45, 7) is 8.88. The van der Waals surface area contributed by atoms with Gasteiger partial charge in [-0.1, -0.05) is 55.4 Å². The summed E-state index contributed by atoms with van der Waals surface area (Å²) in [4.78, 5) is 17.1. The molecule has 2 N–H and O–H groups in total. The Hall–Kier alpha value is -1.82. The van der Waals surface area contributed by atoms with Gasteiger partial charge < -0.3 is 5.32 Å². The number of aromatic nitrogens is 3. The van der Waals surface area contributed by atoms with Crippen LogP contribution in [0.3, 0.4) is 0 Å². The summed E-state index contributed by atoms with van der Waals surface area (Å²) in [6, 6.07) is 8.35. The Morgan fingerprint density at radius 1 is 1.29 bits per heavy atom. The topological polar surface area (TPSA) is 70.7 Å². The lowest BCUT2D eigenvalue weighted by Gasteiger charge is -2.21. The van der Waals surface area contributed by atoms with E-state index in [0.29, 0.717) is 6.54 Å². The van der Waals surface area contributed by atoms with E-state index in [1.54, 1.807) is 11.8 Å². The van der Waals surface area contributed by atoms with Crippen molar-refractivity contribution in [2.24, 2.45) is 5.41 Å². The molecule has 0 bridgehead atoms. The number of rotatable bonds is 6. The SMILES string of the molecule is Cc1ccc(C2(C(=O)NCCSc3n[nH]c(C)n3)CC2(C)C)cc1. The predicted octanol–water partition coefficient (Wildman–Crippen LogP) is 3.00. The van der Waals surface area contributed by atoms with Gasteiger partial charge >= 0.3 is 0 Å². The number of thioether (sulfide) groups is 1. The second-order valence-corrected chi connectivity index (χ2v) is 8.20. The highest BCUT2D eigenvalue weighted by molar-refractivity contribution is 7.99. The summed E-state index contributed by atoms with van der Waals surface area (Å²) in [6.07, 6.45) is 0.891. The summed E-state index contributed by atoms with van der Waals surface area (Å²) in [5, 5.41) is 10.7.